The molecule has 8 heteroatoms. The van der Waals surface area contributed by atoms with Gasteiger partial charge in [0.15, 0.2) is 5.76 Å². The number of aromatic nitrogens is 1. The van der Waals surface area contributed by atoms with Gasteiger partial charge in [0.05, 0.1) is 32.4 Å². The third-order valence-corrected chi connectivity index (χ3v) is 4.23. The largest absolute Gasteiger partial charge is 0.508 e. The number of morpholine rings is 1. The number of carbonyl (C=O) groups is 1. The molecular weight excluding hydrogens is 352 g/mol. The smallest absolute Gasteiger partial charge is 0.435 e. The van der Waals surface area contributed by atoms with Crippen LogP contribution < -0.4 is 5.56 Å². The van der Waals surface area contributed by atoms with Gasteiger partial charge in [0.1, 0.15) is 6.10 Å². The van der Waals surface area contributed by atoms with Crippen LogP contribution in [0.4, 0.5) is 4.79 Å². The van der Waals surface area contributed by atoms with Gasteiger partial charge in [0, 0.05) is 25.2 Å². The van der Waals surface area contributed by atoms with Crippen LogP contribution in [0.1, 0.15) is 6.92 Å². The Morgan fingerprint density at radius 2 is 1.93 bits per heavy atom. The minimum absolute atomic E-state index is 0.113. The monoisotopic (exact) mass is 376 g/mol. The summed E-state index contributed by atoms with van der Waals surface area (Å²) in [7, 11) is 0. The predicted molar refractivity (Wildman–Crippen MR) is 97.6 cm³/mol. The molecule has 0 bridgehead atoms. The maximum Gasteiger partial charge on any atom is 0.508 e. The van der Waals surface area contributed by atoms with Crippen molar-refractivity contribution in [3.63, 3.8) is 0 Å². The number of nitrogens with zero attached hydrogens (tertiary/aromatic N) is 2. The lowest BCUT2D eigenvalue weighted by Gasteiger charge is -2.29. The van der Waals surface area contributed by atoms with E-state index >= 15 is 0 Å². The summed E-state index contributed by atoms with van der Waals surface area (Å²) in [5, 5.41) is 0. The molecule has 1 aliphatic heterocycles. The van der Waals surface area contributed by atoms with Crippen LogP contribution in [0.15, 0.2) is 45.7 Å². The van der Waals surface area contributed by atoms with E-state index in [1.54, 1.807) is 6.92 Å². The fourth-order valence-corrected chi connectivity index (χ4v) is 2.92. The third kappa shape index (κ3) is 5.45. The zero-order valence-corrected chi connectivity index (χ0v) is 15.3. The molecule has 146 valence electrons. The Kier molecular flexibility index (Phi) is 6.67. The van der Waals surface area contributed by atoms with Crippen LogP contribution in [0.5, 0.6) is 0 Å². The van der Waals surface area contributed by atoms with E-state index in [1.165, 1.54) is 10.8 Å². The molecule has 0 N–H and O–H groups in total. The van der Waals surface area contributed by atoms with Crippen LogP contribution in [0.3, 0.4) is 0 Å². The molecule has 0 radical (unpaired) electrons. The van der Waals surface area contributed by atoms with Crippen LogP contribution in [-0.4, -0.2) is 61.4 Å². The number of rotatable bonds is 7. The van der Waals surface area contributed by atoms with Crippen LogP contribution >= 0.6 is 0 Å². The van der Waals surface area contributed by atoms with E-state index in [0.29, 0.717) is 25.5 Å². The first-order valence-electron chi connectivity index (χ1n) is 9.06. The molecule has 8 nitrogen and oxygen atoms in total. The lowest BCUT2D eigenvalue weighted by Crippen LogP contribution is -2.44. The first-order valence-corrected chi connectivity index (χ1v) is 9.06. The Labute approximate surface area is 157 Å². The minimum atomic E-state index is -0.751. The van der Waals surface area contributed by atoms with Gasteiger partial charge in [-0.2, -0.15) is 4.74 Å². The molecule has 1 atom stereocenters. The fourth-order valence-electron chi connectivity index (χ4n) is 2.92. The van der Waals surface area contributed by atoms with Crippen LogP contribution in [0, 0.1) is 0 Å². The highest BCUT2D eigenvalue weighted by atomic mass is 16.7. The van der Waals surface area contributed by atoms with E-state index in [1.807, 2.05) is 30.3 Å². The van der Waals surface area contributed by atoms with E-state index in [4.69, 9.17) is 18.7 Å². The predicted octanol–water partition coefficient (Wildman–Crippen LogP) is 1.98. The molecule has 3 rings (SSSR count). The summed E-state index contributed by atoms with van der Waals surface area (Å²) in [4.78, 5) is 26.2. The van der Waals surface area contributed by atoms with Crippen LogP contribution in [0.25, 0.3) is 11.3 Å². The maximum absolute atomic E-state index is 12.3. The summed E-state index contributed by atoms with van der Waals surface area (Å²) in [5.74, 6) is 0.474. The number of benzene rings is 1. The quantitative estimate of drug-likeness (QED) is 0.683. The zero-order valence-electron chi connectivity index (χ0n) is 15.3. The molecule has 0 spiro atoms. The highest BCUT2D eigenvalue weighted by Gasteiger charge is 2.23. The summed E-state index contributed by atoms with van der Waals surface area (Å²) in [5.41, 5.74) is 0.526. The Bertz CT molecular complexity index is 779. The Morgan fingerprint density at radius 3 is 2.63 bits per heavy atom. The average Bonchev–Trinajstić information content (AvgIpc) is 3.04. The highest BCUT2D eigenvalue weighted by molar-refractivity contribution is 5.60. The van der Waals surface area contributed by atoms with Crippen molar-refractivity contribution in [3.8, 4) is 11.3 Å². The lowest BCUT2D eigenvalue weighted by atomic mass is 10.2. The van der Waals surface area contributed by atoms with E-state index in [9.17, 15) is 9.59 Å². The molecule has 0 saturated carbocycles. The van der Waals surface area contributed by atoms with Crippen LogP contribution in [0.2, 0.25) is 0 Å². The Hall–Kier alpha value is -2.58. The topological polar surface area (TPSA) is 83.1 Å². The van der Waals surface area contributed by atoms with E-state index in [-0.39, 0.29) is 18.7 Å². The van der Waals surface area contributed by atoms with Gasteiger partial charge in [-0.1, -0.05) is 30.3 Å². The fraction of sp³-hybridized carbons (Fsp3) is 0.474. The summed E-state index contributed by atoms with van der Waals surface area (Å²) in [6.45, 7) is 5.26. The van der Waals surface area contributed by atoms with Crippen molar-refractivity contribution in [2.24, 2.45) is 0 Å². The third-order valence-electron chi connectivity index (χ3n) is 4.23. The van der Waals surface area contributed by atoms with Crippen molar-refractivity contribution in [1.82, 2.24) is 9.64 Å². The van der Waals surface area contributed by atoms with Crippen molar-refractivity contribution >= 4 is 6.16 Å². The van der Waals surface area contributed by atoms with Crippen molar-refractivity contribution in [3.05, 3.63) is 46.8 Å². The van der Waals surface area contributed by atoms with E-state index in [0.717, 1.165) is 18.7 Å². The molecule has 0 aliphatic carbocycles. The molecule has 1 saturated heterocycles. The minimum Gasteiger partial charge on any atom is -0.435 e. The standard InChI is InChI=1S/C19H24N2O6/c1-2-25-19(23)26-16(13-20-8-10-24-11-9-20)14-21-18(22)12-17(27-21)15-6-4-3-5-7-15/h3-7,12,16H,2,8-11,13-14H2,1H3. The molecule has 1 unspecified atom stereocenters. The summed E-state index contributed by atoms with van der Waals surface area (Å²) < 4.78 is 22.5. The molecule has 2 heterocycles. The average molecular weight is 376 g/mol. The first kappa shape index (κ1) is 19.2. The molecule has 27 heavy (non-hydrogen) atoms. The Balaban J connectivity index is 1.73. The Morgan fingerprint density at radius 1 is 1.19 bits per heavy atom. The second kappa shape index (κ2) is 9.38. The summed E-state index contributed by atoms with van der Waals surface area (Å²) in [6.07, 6.45) is -1.33. The zero-order chi connectivity index (χ0) is 19.1. The molecule has 1 aliphatic rings. The molecule has 1 fully saturated rings. The van der Waals surface area contributed by atoms with Crippen LogP contribution in [-0.2, 0) is 20.8 Å². The second-order valence-corrected chi connectivity index (χ2v) is 6.20. The van der Waals surface area contributed by atoms with Crippen molar-refractivity contribution in [2.75, 3.05) is 39.5 Å². The second-order valence-electron chi connectivity index (χ2n) is 6.20. The van der Waals surface area contributed by atoms with Gasteiger partial charge < -0.3 is 18.7 Å². The van der Waals surface area contributed by atoms with Gasteiger partial charge in [0.2, 0.25) is 0 Å². The van der Waals surface area contributed by atoms with Crippen molar-refractivity contribution in [2.45, 2.75) is 19.6 Å². The number of hydrogen-bond donors (Lipinski definition) is 0. The van der Waals surface area contributed by atoms with Gasteiger partial charge in [-0.25, -0.2) is 4.79 Å². The first-order chi connectivity index (χ1) is 13.2. The number of hydrogen-bond acceptors (Lipinski definition) is 7. The van der Waals surface area contributed by atoms with Crippen molar-refractivity contribution in [1.29, 1.82) is 0 Å². The highest BCUT2D eigenvalue weighted by Crippen LogP contribution is 2.17. The molecular formula is C19H24N2O6. The number of ether oxygens (including phenoxy) is 3. The summed E-state index contributed by atoms with van der Waals surface area (Å²) in [6, 6.07) is 10.8. The molecule has 0 amide bonds. The van der Waals surface area contributed by atoms with Crippen molar-refractivity contribution < 1.29 is 23.5 Å². The molecule has 1 aromatic carbocycles. The van der Waals surface area contributed by atoms with E-state index in [2.05, 4.69) is 4.90 Å². The van der Waals surface area contributed by atoms with Gasteiger partial charge >= 0.3 is 6.16 Å². The normalized spacial score (nSPS) is 16.0. The van der Waals surface area contributed by atoms with E-state index < -0.39 is 12.3 Å². The summed E-state index contributed by atoms with van der Waals surface area (Å²) >= 11 is 0. The van der Waals surface area contributed by atoms with Gasteiger partial charge in [-0.05, 0) is 6.92 Å². The van der Waals surface area contributed by atoms with Gasteiger partial charge in [0.25, 0.3) is 5.56 Å². The lowest BCUT2D eigenvalue weighted by molar-refractivity contribution is -0.0223. The molecule has 2 aromatic rings. The number of carbonyl (C=O) groups excluding carboxylic acids is 1. The maximum atomic E-state index is 12.3. The SMILES string of the molecule is CCOC(=O)OC(CN1CCOCC1)Cn1oc(-c2ccccc2)cc1=O. The molecule has 1 aromatic heterocycles. The van der Waals surface area contributed by atoms with Gasteiger partial charge in [-0.3, -0.25) is 9.69 Å². The van der Waals surface area contributed by atoms with Gasteiger partial charge in [-0.15, -0.1) is 0 Å².